The lowest BCUT2D eigenvalue weighted by molar-refractivity contribution is 0.564. The molecule has 0 heterocycles. The normalized spacial score (nSPS) is 13.0. The van der Waals surface area contributed by atoms with Gasteiger partial charge in [0.1, 0.15) is 0 Å². The van der Waals surface area contributed by atoms with Crippen LogP contribution < -0.4 is 0 Å². The standard InChI is InChI=1S/C6H5BrO2S/c7-5-2-1-3-6(4-5)10(8)9/h1-4H,(H,8,9). The highest BCUT2D eigenvalue weighted by Gasteiger charge is 1.97. The molecule has 54 valence electrons. The first-order valence-corrected chi connectivity index (χ1v) is 4.46. The van der Waals surface area contributed by atoms with Gasteiger partial charge in [-0.15, -0.1) is 0 Å². The first-order valence-electron chi connectivity index (χ1n) is 2.56. The first kappa shape index (κ1) is 7.91. The molecule has 0 fully saturated rings. The molecule has 1 rings (SSSR count). The number of rotatable bonds is 1. The van der Waals surface area contributed by atoms with Gasteiger partial charge in [-0.2, -0.15) is 0 Å². The number of hydrogen-bond donors (Lipinski definition) is 1. The molecule has 0 spiro atoms. The molecule has 10 heavy (non-hydrogen) atoms. The Balaban J connectivity index is 3.07. The average molecular weight is 221 g/mol. The van der Waals surface area contributed by atoms with Crippen molar-refractivity contribution in [3.8, 4) is 0 Å². The summed E-state index contributed by atoms with van der Waals surface area (Å²) in [5.74, 6) is 0. The molecule has 0 radical (unpaired) electrons. The summed E-state index contributed by atoms with van der Waals surface area (Å²) >= 11 is 1.32. The van der Waals surface area contributed by atoms with Crippen LogP contribution in [0.4, 0.5) is 0 Å². The van der Waals surface area contributed by atoms with Gasteiger partial charge in [0.15, 0.2) is 11.1 Å². The highest BCUT2D eigenvalue weighted by molar-refractivity contribution is 9.10. The van der Waals surface area contributed by atoms with Gasteiger partial charge in [-0.05, 0) is 18.2 Å². The van der Waals surface area contributed by atoms with E-state index in [1.807, 2.05) is 0 Å². The zero-order valence-electron chi connectivity index (χ0n) is 4.95. The van der Waals surface area contributed by atoms with Gasteiger partial charge in [0.2, 0.25) is 0 Å². The van der Waals surface area contributed by atoms with E-state index < -0.39 is 11.1 Å². The van der Waals surface area contributed by atoms with Gasteiger partial charge in [-0.1, -0.05) is 22.0 Å². The van der Waals surface area contributed by atoms with Gasteiger partial charge >= 0.3 is 0 Å². The van der Waals surface area contributed by atoms with E-state index in [1.54, 1.807) is 24.3 Å². The molecule has 1 unspecified atom stereocenters. The summed E-state index contributed by atoms with van der Waals surface area (Å²) in [5, 5.41) is 0. The van der Waals surface area contributed by atoms with Gasteiger partial charge in [-0.25, -0.2) is 4.21 Å². The molecular weight excluding hydrogens is 216 g/mol. The SMILES string of the molecule is O=S(O)c1cccc(Br)c1. The van der Waals surface area contributed by atoms with Crippen LogP contribution in [0.5, 0.6) is 0 Å². The molecule has 0 aliphatic rings. The van der Waals surface area contributed by atoms with Crippen molar-refractivity contribution < 1.29 is 8.76 Å². The Morgan fingerprint density at radius 3 is 2.60 bits per heavy atom. The zero-order valence-corrected chi connectivity index (χ0v) is 7.35. The number of hydrogen-bond acceptors (Lipinski definition) is 1. The lowest BCUT2D eigenvalue weighted by atomic mass is 10.4. The van der Waals surface area contributed by atoms with Crippen molar-refractivity contribution in [2.75, 3.05) is 0 Å². The van der Waals surface area contributed by atoms with Crippen LogP contribution in [0, 0.1) is 0 Å². The third-order valence-electron chi connectivity index (χ3n) is 0.998. The van der Waals surface area contributed by atoms with Crippen LogP contribution in [-0.2, 0) is 11.1 Å². The van der Waals surface area contributed by atoms with E-state index in [2.05, 4.69) is 15.9 Å². The number of benzene rings is 1. The maximum Gasteiger partial charge on any atom is 0.186 e. The van der Waals surface area contributed by atoms with Crippen LogP contribution in [0.25, 0.3) is 0 Å². The Labute approximate surface area is 69.7 Å². The van der Waals surface area contributed by atoms with Gasteiger partial charge in [0, 0.05) is 4.47 Å². The molecule has 2 nitrogen and oxygen atoms in total. The first-order chi connectivity index (χ1) is 4.70. The lowest BCUT2D eigenvalue weighted by Crippen LogP contribution is -1.86. The second-order valence-electron chi connectivity index (χ2n) is 1.71. The molecular formula is C6H5BrO2S. The quantitative estimate of drug-likeness (QED) is 0.736. The summed E-state index contributed by atoms with van der Waals surface area (Å²) in [6.07, 6.45) is 0. The lowest BCUT2D eigenvalue weighted by Gasteiger charge is -1.93. The average Bonchev–Trinajstić information content (AvgIpc) is 1.88. The predicted octanol–water partition coefficient (Wildman–Crippen LogP) is 2.03. The maximum atomic E-state index is 10.4. The topological polar surface area (TPSA) is 37.3 Å². The molecule has 1 N–H and O–H groups in total. The highest BCUT2D eigenvalue weighted by atomic mass is 79.9. The van der Waals surface area contributed by atoms with Crippen LogP contribution in [0.1, 0.15) is 0 Å². The van der Waals surface area contributed by atoms with Crippen molar-refractivity contribution >= 4 is 27.0 Å². The van der Waals surface area contributed by atoms with Crippen molar-refractivity contribution in [2.45, 2.75) is 4.90 Å². The Bertz CT molecular complexity index is 262. The highest BCUT2D eigenvalue weighted by Crippen LogP contribution is 2.13. The van der Waals surface area contributed by atoms with E-state index in [1.165, 1.54) is 0 Å². The minimum atomic E-state index is -1.87. The van der Waals surface area contributed by atoms with E-state index in [0.717, 1.165) is 4.47 Å². The van der Waals surface area contributed by atoms with Crippen molar-refractivity contribution in [1.82, 2.24) is 0 Å². The van der Waals surface area contributed by atoms with Crippen LogP contribution in [0.3, 0.4) is 0 Å². The summed E-state index contributed by atoms with van der Waals surface area (Å²) < 4.78 is 19.9. The summed E-state index contributed by atoms with van der Waals surface area (Å²) in [4.78, 5) is 0.411. The molecule has 0 amide bonds. The molecule has 0 saturated heterocycles. The van der Waals surface area contributed by atoms with Crippen molar-refractivity contribution in [1.29, 1.82) is 0 Å². The van der Waals surface area contributed by atoms with E-state index in [0.29, 0.717) is 4.90 Å². The van der Waals surface area contributed by atoms with Crippen LogP contribution in [-0.4, -0.2) is 8.76 Å². The van der Waals surface area contributed by atoms with Gasteiger partial charge in [0.25, 0.3) is 0 Å². The monoisotopic (exact) mass is 220 g/mol. The molecule has 0 aromatic heterocycles. The van der Waals surface area contributed by atoms with E-state index in [4.69, 9.17) is 4.55 Å². The Morgan fingerprint density at radius 2 is 2.20 bits per heavy atom. The zero-order chi connectivity index (χ0) is 7.56. The maximum absolute atomic E-state index is 10.4. The molecule has 1 atom stereocenters. The Kier molecular flexibility index (Phi) is 2.59. The minimum Gasteiger partial charge on any atom is -0.302 e. The number of halogens is 1. The summed E-state index contributed by atoms with van der Waals surface area (Å²) in [6, 6.07) is 6.72. The molecule has 0 saturated carbocycles. The third kappa shape index (κ3) is 1.90. The van der Waals surface area contributed by atoms with Gasteiger partial charge < -0.3 is 4.55 Å². The smallest absolute Gasteiger partial charge is 0.186 e. The molecule has 0 bridgehead atoms. The largest absolute Gasteiger partial charge is 0.302 e. The fourth-order valence-corrected chi connectivity index (χ4v) is 1.55. The predicted molar refractivity (Wildman–Crippen MR) is 43.2 cm³/mol. The van der Waals surface area contributed by atoms with Crippen molar-refractivity contribution in [3.63, 3.8) is 0 Å². The summed E-state index contributed by atoms with van der Waals surface area (Å²) in [6.45, 7) is 0. The van der Waals surface area contributed by atoms with Crippen LogP contribution in [0.2, 0.25) is 0 Å². The molecule has 1 aromatic rings. The fourth-order valence-electron chi connectivity index (χ4n) is 0.576. The Morgan fingerprint density at radius 1 is 1.50 bits per heavy atom. The van der Waals surface area contributed by atoms with E-state index in [-0.39, 0.29) is 0 Å². The fraction of sp³-hybridized carbons (Fsp3) is 0. The minimum absolute atomic E-state index is 0.411. The van der Waals surface area contributed by atoms with Gasteiger partial charge in [0.05, 0.1) is 4.90 Å². The molecule has 4 heteroatoms. The molecule has 0 aliphatic heterocycles. The summed E-state index contributed by atoms with van der Waals surface area (Å²) in [7, 11) is 0. The van der Waals surface area contributed by atoms with Gasteiger partial charge in [-0.3, -0.25) is 0 Å². The Hall–Kier alpha value is -0.190. The van der Waals surface area contributed by atoms with Crippen molar-refractivity contribution in [3.05, 3.63) is 28.7 Å². The summed E-state index contributed by atoms with van der Waals surface area (Å²) in [5.41, 5.74) is 0. The third-order valence-corrected chi connectivity index (χ3v) is 2.15. The van der Waals surface area contributed by atoms with E-state index in [9.17, 15) is 4.21 Å². The van der Waals surface area contributed by atoms with Crippen molar-refractivity contribution in [2.24, 2.45) is 0 Å². The van der Waals surface area contributed by atoms with Crippen LogP contribution in [0.15, 0.2) is 33.6 Å². The molecule has 0 aliphatic carbocycles. The van der Waals surface area contributed by atoms with Crippen LogP contribution >= 0.6 is 15.9 Å². The second-order valence-corrected chi connectivity index (χ2v) is 3.59. The molecule has 1 aromatic carbocycles. The second kappa shape index (κ2) is 3.27. The van der Waals surface area contributed by atoms with E-state index >= 15 is 0 Å².